The van der Waals surface area contributed by atoms with Crippen molar-refractivity contribution in [1.29, 1.82) is 0 Å². The molecule has 1 N–H and O–H groups in total. The number of carbonyl (C=O) groups excluding carboxylic acids is 1. The molecule has 1 heterocycles. The van der Waals surface area contributed by atoms with Crippen LogP contribution in [0, 0.1) is 0 Å². The third kappa shape index (κ3) is 5.60. The van der Waals surface area contributed by atoms with Crippen LogP contribution >= 0.6 is 0 Å². The van der Waals surface area contributed by atoms with Gasteiger partial charge in [0.05, 0.1) is 6.10 Å². The lowest BCUT2D eigenvalue weighted by molar-refractivity contribution is 0.101. The number of urea groups is 1. The Morgan fingerprint density at radius 2 is 1.96 bits per heavy atom. The zero-order chi connectivity index (χ0) is 18.2. The molecule has 1 saturated heterocycles. The van der Waals surface area contributed by atoms with E-state index >= 15 is 0 Å². The Hall–Kier alpha value is -2.33. The van der Waals surface area contributed by atoms with Crippen molar-refractivity contribution in [2.24, 2.45) is 0 Å². The summed E-state index contributed by atoms with van der Waals surface area (Å²) in [5.74, 6) is 0. The summed E-state index contributed by atoms with van der Waals surface area (Å²) in [5, 5.41) is 3.00. The van der Waals surface area contributed by atoms with E-state index in [1.165, 1.54) is 17.5 Å². The molecule has 4 heteroatoms. The molecule has 0 aromatic heterocycles. The van der Waals surface area contributed by atoms with Crippen LogP contribution in [0.25, 0.3) is 0 Å². The largest absolute Gasteiger partial charge is 0.378 e. The molecule has 1 fully saturated rings. The molecule has 26 heavy (non-hydrogen) atoms. The molecule has 2 aromatic carbocycles. The Kier molecular flexibility index (Phi) is 6.67. The van der Waals surface area contributed by atoms with Gasteiger partial charge in [-0.15, -0.1) is 0 Å². The summed E-state index contributed by atoms with van der Waals surface area (Å²) in [6, 6.07) is 18.4. The van der Waals surface area contributed by atoms with E-state index in [2.05, 4.69) is 23.5 Å². The minimum atomic E-state index is -0.0609. The van der Waals surface area contributed by atoms with Crippen LogP contribution in [0.5, 0.6) is 0 Å². The van der Waals surface area contributed by atoms with Crippen molar-refractivity contribution in [2.75, 3.05) is 25.5 Å². The number of amides is 2. The average Bonchev–Trinajstić information content (AvgIpc) is 3.16. The van der Waals surface area contributed by atoms with Crippen molar-refractivity contribution in [1.82, 2.24) is 4.90 Å². The second-order valence-electron chi connectivity index (χ2n) is 6.99. The molecule has 0 saturated carbocycles. The summed E-state index contributed by atoms with van der Waals surface area (Å²) in [6.07, 6.45) is 5.58. The lowest BCUT2D eigenvalue weighted by Gasteiger charge is -2.19. The molecule has 1 unspecified atom stereocenters. The number of hydrogen-bond acceptors (Lipinski definition) is 2. The molecule has 2 aromatic rings. The first-order valence-electron chi connectivity index (χ1n) is 9.47. The smallest absolute Gasteiger partial charge is 0.321 e. The molecule has 4 nitrogen and oxygen atoms in total. The van der Waals surface area contributed by atoms with E-state index in [9.17, 15) is 4.79 Å². The van der Waals surface area contributed by atoms with Gasteiger partial charge in [0.25, 0.3) is 0 Å². The van der Waals surface area contributed by atoms with Crippen LogP contribution in [0.2, 0.25) is 0 Å². The van der Waals surface area contributed by atoms with Crippen LogP contribution < -0.4 is 5.32 Å². The van der Waals surface area contributed by atoms with Gasteiger partial charge < -0.3 is 15.0 Å². The number of nitrogens with one attached hydrogen (secondary N) is 1. The van der Waals surface area contributed by atoms with E-state index in [1.54, 1.807) is 4.90 Å². The number of rotatable bonds is 7. The average molecular weight is 352 g/mol. The minimum absolute atomic E-state index is 0.0609. The van der Waals surface area contributed by atoms with Crippen molar-refractivity contribution >= 4 is 11.7 Å². The number of benzene rings is 2. The topological polar surface area (TPSA) is 41.6 Å². The summed E-state index contributed by atoms with van der Waals surface area (Å²) in [5.41, 5.74) is 3.30. The fourth-order valence-corrected chi connectivity index (χ4v) is 3.34. The van der Waals surface area contributed by atoms with E-state index < -0.39 is 0 Å². The zero-order valence-corrected chi connectivity index (χ0v) is 15.5. The van der Waals surface area contributed by atoms with Crippen molar-refractivity contribution in [3.63, 3.8) is 0 Å². The SMILES string of the molecule is CN(CCCC1CCCO1)C(=O)Nc1cccc(Cc2ccccc2)c1. The van der Waals surface area contributed by atoms with Gasteiger partial charge in [-0.05, 0) is 55.4 Å². The second kappa shape index (κ2) is 9.39. The van der Waals surface area contributed by atoms with Gasteiger partial charge in [-0.3, -0.25) is 0 Å². The number of carbonyl (C=O) groups is 1. The van der Waals surface area contributed by atoms with Gasteiger partial charge in [-0.25, -0.2) is 4.79 Å². The summed E-state index contributed by atoms with van der Waals surface area (Å²) in [6.45, 7) is 1.63. The highest BCUT2D eigenvalue weighted by molar-refractivity contribution is 5.89. The first-order valence-corrected chi connectivity index (χ1v) is 9.47. The van der Waals surface area contributed by atoms with Crippen molar-refractivity contribution in [3.8, 4) is 0 Å². The highest BCUT2D eigenvalue weighted by Gasteiger charge is 2.16. The molecule has 0 aliphatic carbocycles. The lowest BCUT2D eigenvalue weighted by atomic mass is 10.0. The van der Waals surface area contributed by atoms with Crippen molar-refractivity contribution in [2.45, 2.75) is 38.2 Å². The van der Waals surface area contributed by atoms with Gasteiger partial charge in [0.1, 0.15) is 0 Å². The quantitative estimate of drug-likeness (QED) is 0.785. The molecule has 138 valence electrons. The molecule has 0 bridgehead atoms. The Bertz CT molecular complexity index is 696. The molecule has 0 radical (unpaired) electrons. The first kappa shape index (κ1) is 18.5. The Morgan fingerprint density at radius 1 is 1.15 bits per heavy atom. The third-order valence-corrected chi connectivity index (χ3v) is 4.82. The maximum absolute atomic E-state index is 12.4. The van der Waals surface area contributed by atoms with Crippen LogP contribution in [0.15, 0.2) is 54.6 Å². The second-order valence-corrected chi connectivity index (χ2v) is 6.99. The van der Waals surface area contributed by atoms with E-state index in [0.717, 1.165) is 44.5 Å². The van der Waals surface area contributed by atoms with Crippen LogP contribution in [-0.2, 0) is 11.2 Å². The number of anilines is 1. The molecular formula is C22H28N2O2. The van der Waals surface area contributed by atoms with Crippen LogP contribution in [-0.4, -0.2) is 37.2 Å². The molecular weight excluding hydrogens is 324 g/mol. The van der Waals surface area contributed by atoms with Gasteiger partial charge in [-0.1, -0.05) is 42.5 Å². The van der Waals surface area contributed by atoms with Gasteiger partial charge in [0.15, 0.2) is 0 Å². The fourth-order valence-electron chi connectivity index (χ4n) is 3.34. The molecule has 3 rings (SSSR count). The lowest BCUT2D eigenvalue weighted by Crippen LogP contribution is -2.32. The van der Waals surface area contributed by atoms with E-state index in [1.807, 2.05) is 43.4 Å². The predicted octanol–water partition coefficient (Wildman–Crippen LogP) is 4.70. The highest BCUT2D eigenvalue weighted by Crippen LogP contribution is 2.18. The summed E-state index contributed by atoms with van der Waals surface area (Å²) >= 11 is 0. The zero-order valence-electron chi connectivity index (χ0n) is 15.5. The normalized spacial score (nSPS) is 16.4. The summed E-state index contributed by atoms with van der Waals surface area (Å²) < 4.78 is 5.63. The van der Waals surface area contributed by atoms with Gasteiger partial charge >= 0.3 is 6.03 Å². The molecule has 0 spiro atoms. The fraction of sp³-hybridized carbons (Fsp3) is 0.409. The number of ether oxygens (including phenoxy) is 1. The Balaban J connectivity index is 1.47. The van der Waals surface area contributed by atoms with Gasteiger partial charge in [0.2, 0.25) is 0 Å². The first-order chi connectivity index (χ1) is 12.7. The molecule has 1 aliphatic heterocycles. The van der Waals surface area contributed by atoms with Crippen LogP contribution in [0.1, 0.15) is 36.8 Å². The Morgan fingerprint density at radius 3 is 2.73 bits per heavy atom. The van der Waals surface area contributed by atoms with E-state index in [0.29, 0.717) is 6.10 Å². The maximum Gasteiger partial charge on any atom is 0.321 e. The van der Waals surface area contributed by atoms with Gasteiger partial charge in [-0.2, -0.15) is 0 Å². The Labute approximate surface area is 156 Å². The predicted molar refractivity (Wildman–Crippen MR) is 106 cm³/mol. The molecule has 1 aliphatic rings. The molecule has 1 atom stereocenters. The van der Waals surface area contributed by atoms with Crippen molar-refractivity contribution in [3.05, 3.63) is 65.7 Å². The number of hydrogen-bond donors (Lipinski definition) is 1. The summed E-state index contributed by atoms with van der Waals surface area (Å²) in [4.78, 5) is 14.1. The van der Waals surface area contributed by atoms with E-state index in [4.69, 9.17) is 4.74 Å². The number of nitrogens with zero attached hydrogens (tertiary/aromatic N) is 1. The van der Waals surface area contributed by atoms with Crippen LogP contribution in [0.3, 0.4) is 0 Å². The van der Waals surface area contributed by atoms with E-state index in [-0.39, 0.29) is 6.03 Å². The monoisotopic (exact) mass is 352 g/mol. The van der Waals surface area contributed by atoms with Crippen LogP contribution in [0.4, 0.5) is 10.5 Å². The maximum atomic E-state index is 12.4. The van der Waals surface area contributed by atoms with Crippen molar-refractivity contribution < 1.29 is 9.53 Å². The highest BCUT2D eigenvalue weighted by atomic mass is 16.5. The van der Waals surface area contributed by atoms with Gasteiger partial charge in [0, 0.05) is 25.9 Å². The summed E-state index contributed by atoms with van der Waals surface area (Å²) in [7, 11) is 1.85. The standard InChI is InChI=1S/C22H28N2O2/c1-24(14-6-12-21-13-7-15-26-21)22(25)23-20-11-5-10-19(17-20)16-18-8-3-2-4-9-18/h2-5,8-11,17,21H,6-7,12-16H2,1H3,(H,23,25). The molecule has 2 amide bonds. The minimum Gasteiger partial charge on any atom is -0.378 e. The third-order valence-electron chi connectivity index (χ3n) is 4.82.